The molecule has 3 nitrogen and oxygen atoms in total. The molecule has 0 aliphatic heterocycles. The van der Waals surface area contributed by atoms with E-state index >= 15 is 0 Å². The molecule has 0 aromatic carbocycles. The molecule has 1 saturated carbocycles. The van der Waals surface area contributed by atoms with E-state index in [4.69, 9.17) is 5.84 Å². The van der Waals surface area contributed by atoms with E-state index in [1.807, 2.05) is 0 Å². The van der Waals surface area contributed by atoms with Crippen LogP contribution in [-0.2, 0) is 0 Å². The fraction of sp³-hybridized carbons (Fsp3) is 0.900. The normalized spacial score (nSPS) is 20.3. The Bertz CT molecular complexity index is 160. The highest BCUT2D eigenvalue weighted by molar-refractivity contribution is 5.81. The van der Waals surface area contributed by atoms with Crippen molar-refractivity contribution in [2.75, 3.05) is 0 Å². The van der Waals surface area contributed by atoms with Gasteiger partial charge in [0, 0.05) is 6.42 Å². The van der Waals surface area contributed by atoms with Crippen LogP contribution in [0.4, 0.5) is 0 Å². The highest BCUT2D eigenvalue weighted by atomic mass is 15.2. The van der Waals surface area contributed by atoms with E-state index in [0.717, 1.165) is 18.7 Å². The van der Waals surface area contributed by atoms with Crippen LogP contribution >= 0.6 is 0 Å². The van der Waals surface area contributed by atoms with Gasteiger partial charge in [0.2, 0.25) is 0 Å². The molecule has 0 saturated heterocycles. The third kappa shape index (κ3) is 3.77. The van der Waals surface area contributed by atoms with Crippen molar-refractivity contribution in [1.29, 1.82) is 0 Å². The third-order valence-electron chi connectivity index (χ3n) is 2.57. The maximum atomic E-state index is 5.40. The lowest BCUT2D eigenvalue weighted by atomic mass is 9.96. The average Bonchev–Trinajstić information content (AvgIpc) is 2.19. The molecule has 0 radical (unpaired) electrons. The van der Waals surface area contributed by atoms with E-state index in [-0.39, 0.29) is 0 Å². The van der Waals surface area contributed by atoms with Crippen LogP contribution in [0.5, 0.6) is 0 Å². The summed E-state index contributed by atoms with van der Waals surface area (Å²) in [5, 5.41) is 0. The second kappa shape index (κ2) is 5.97. The molecule has 0 amide bonds. The largest absolute Gasteiger partial charge is 0.312 e. The molecule has 0 bridgehead atoms. The van der Waals surface area contributed by atoms with Crippen LogP contribution in [0, 0.1) is 0 Å². The number of rotatable bonds is 3. The molecule has 1 rings (SSSR count). The Hall–Kier alpha value is -0.570. The minimum atomic E-state index is 0.534. The van der Waals surface area contributed by atoms with Crippen molar-refractivity contribution in [3.8, 4) is 0 Å². The summed E-state index contributed by atoms with van der Waals surface area (Å²) in [5.74, 6) is 6.38. The van der Waals surface area contributed by atoms with Gasteiger partial charge in [0.1, 0.15) is 5.84 Å². The summed E-state index contributed by atoms with van der Waals surface area (Å²) in [4.78, 5) is 4.62. The summed E-state index contributed by atoms with van der Waals surface area (Å²) in [6.07, 6.45) is 8.62. The van der Waals surface area contributed by atoms with Crippen LogP contribution in [0.2, 0.25) is 0 Å². The first kappa shape index (κ1) is 10.5. The van der Waals surface area contributed by atoms with Crippen molar-refractivity contribution in [3.05, 3.63) is 0 Å². The lowest BCUT2D eigenvalue weighted by Crippen LogP contribution is -2.31. The zero-order valence-electron chi connectivity index (χ0n) is 8.55. The number of amidine groups is 1. The molecule has 3 N–H and O–H groups in total. The maximum Gasteiger partial charge on any atom is 0.111 e. The second-order valence-corrected chi connectivity index (χ2v) is 3.76. The molecule has 1 fully saturated rings. The number of hydrogen-bond donors (Lipinski definition) is 2. The first-order valence-electron chi connectivity index (χ1n) is 5.40. The molecule has 0 spiro atoms. The molecule has 3 heteroatoms. The van der Waals surface area contributed by atoms with E-state index < -0.39 is 0 Å². The van der Waals surface area contributed by atoms with E-state index in [9.17, 15) is 0 Å². The number of nitrogens with one attached hydrogen (secondary N) is 1. The van der Waals surface area contributed by atoms with E-state index in [1.54, 1.807) is 0 Å². The van der Waals surface area contributed by atoms with Gasteiger partial charge in [-0.1, -0.05) is 26.2 Å². The molecular weight excluding hydrogens is 162 g/mol. The predicted molar refractivity (Wildman–Crippen MR) is 56.5 cm³/mol. The average molecular weight is 183 g/mol. The maximum absolute atomic E-state index is 5.40. The first-order chi connectivity index (χ1) is 6.36. The lowest BCUT2D eigenvalue weighted by Gasteiger charge is -2.19. The highest BCUT2D eigenvalue weighted by Crippen LogP contribution is 2.20. The quantitative estimate of drug-likeness (QED) is 0.304. The minimum Gasteiger partial charge on any atom is -0.312 e. The minimum absolute atomic E-state index is 0.534. The third-order valence-corrected chi connectivity index (χ3v) is 2.57. The van der Waals surface area contributed by atoms with Gasteiger partial charge in [-0.05, 0) is 19.3 Å². The van der Waals surface area contributed by atoms with Crippen molar-refractivity contribution >= 4 is 5.84 Å². The van der Waals surface area contributed by atoms with Gasteiger partial charge in [-0.2, -0.15) is 0 Å². The Morgan fingerprint density at radius 1 is 1.38 bits per heavy atom. The zero-order valence-corrected chi connectivity index (χ0v) is 8.55. The number of aliphatic imine (C=N–C) groups is 1. The Morgan fingerprint density at radius 2 is 2.08 bits per heavy atom. The summed E-state index contributed by atoms with van der Waals surface area (Å²) >= 11 is 0. The van der Waals surface area contributed by atoms with Gasteiger partial charge in [0.25, 0.3) is 0 Å². The summed E-state index contributed by atoms with van der Waals surface area (Å²) in [6.45, 7) is 2.15. The van der Waals surface area contributed by atoms with E-state index in [1.165, 1.54) is 32.1 Å². The van der Waals surface area contributed by atoms with Gasteiger partial charge in [0.05, 0.1) is 6.04 Å². The van der Waals surface area contributed by atoms with Crippen molar-refractivity contribution in [3.63, 3.8) is 0 Å². The molecular formula is C10H21N3. The number of hydrazine groups is 1. The zero-order chi connectivity index (χ0) is 9.52. The van der Waals surface area contributed by atoms with Crippen molar-refractivity contribution in [2.45, 2.75) is 57.9 Å². The Balaban J connectivity index is 2.39. The Labute approximate surface area is 80.8 Å². The SMILES string of the molecule is CCCC(=NC1CCCCC1)NN. The topological polar surface area (TPSA) is 50.4 Å². The second-order valence-electron chi connectivity index (χ2n) is 3.76. The monoisotopic (exact) mass is 183 g/mol. The Morgan fingerprint density at radius 3 is 2.62 bits per heavy atom. The number of nitrogens with two attached hydrogens (primary N) is 1. The predicted octanol–water partition coefficient (Wildman–Crippen LogP) is 1.98. The summed E-state index contributed by atoms with van der Waals surface area (Å²) in [6, 6.07) is 0.534. The molecule has 0 heterocycles. The van der Waals surface area contributed by atoms with Crippen LogP contribution in [0.1, 0.15) is 51.9 Å². The van der Waals surface area contributed by atoms with Crippen LogP contribution in [0.15, 0.2) is 4.99 Å². The van der Waals surface area contributed by atoms with Gasteiger partial charge >= 0.3 is 0 Å². The molecule has 0 aromatic heterocycles. The van der Waals surface area contributed by atoms with Crippen molar-refractivity contribution < 1.29 is 0 Å². The van der Waals surface area contributed by atoms with Gasteiger partial charge in [0.15, 0.2) is 0 Å². The first-order valence-corrected chi connectivity index (χ1v) is 5.40. The molecule has 13 heavy (non-hydrogen) atoms. The van der Waals surface area contributed by atoms with Gasteiger partial charge in [-0.25, -0.2) is 5.84 Å². The summed E-state index contributed by atoms with van der Waals surface area (Å²) in [7, 11) is 0. The van der Waals surface area contributed by atoms with Crippen molar-refractivity contribution in [1.82, 2.24) is 5.43 Å². The van der Waals surface area contributed by atoms with Crippen molar-refractivity contribution in [2.24, 2.45) is 10.8 Å². The van der Waals surface area contributed by atoms with Gasteiger partial charge in [-0.15, -0.1) is 0 Å². The lowest BCUT2D eigenvalue weighted by molar-refractivity contribution is 0.441. The summed E-state index contributed by atoms with van der Waals surface area (Å²) in [5.41, 5.74) is 2.70. The molecule has 0 unspecified atom stereocenters. The molecule has 76 valence electrons. The molecule has 1 aliphatic rings. The summed E-state index contributed by atoms with van der Waals surface area (Å²) < 4.78 is 0. The Kier molecular flexibility index (Phi) is 4.83. The molecule has 0 aromatic rings. The van der Waals surface area contributed by atoms with E-state index in [0.29, 0.717) is 6.04 Å². The van der Waals surface area contributed by atoms with Gasteiger partial charge in [-0.3, -0.25) is 4.99 Å². The fourth-order valence-electron chi connectivity index (χ4n) is 1.84. The smallest absolute Gasteiger partial charge is 0.111 e. The number of nitrogens with zero attached hydrogens (tertiary/aromatic N) is 1. The van der Waals surface area contributed by atoms with Crippen LogP contribution in [0.25, 0.3) is 0 Å². The highest BCUT2D eigenvalue weighted by Gasteiger charge is 2.12. The van der Waals surface area contributed by atoms with E-state index in [2.05, 4.69) is 17.3 Å². The standard InChI is InChI=1S/C10H21N3/c1-2-6-10(13-11)12-9-7-4-3-5-8-9/h9H,2-8,11H2,1H3,(H,12,13). The molecule has 0 atom stereocenters. The van der Waals surface area contributed by atoms with Crippen LogP contribution in [0.3, 0.4) is 0 Å². The fourth-order valence-corrected chi connectivity index (χ4v) is 1.84. The van der Waals surface area contributed by atoms with Gasteiger partial charge < -0.3 is 5.43 Å². The molecule has 1 aliphatic carbocycles. The number of hydrogen-bond acceptors (Lipinski definition) is 2. The van der Waals surface area contributed by atoms with Crippen LogP contribution in [-0.4, -0.2) is 11.9 Å². The van der Waals surface area contributed by atoms with Crippen LogP contribution < -0.4 is 11.3 Å².